The van der Waals surface area contributed by atoms with Crippen molar-refractivity contribution in [2.75, 3.05) is 19.7 Å². The summed E-state index contributed by atoms with van der Waals surface area (Å²) >= 11 is 6.21. The van der Waals surface area contributed by atoms with E-state index in [0.717, 1.165) is 56.6 Å². The Labute approximate surface area is 178 Å². The van der Waals surface area contributed by atoms with Gasteiger partial charge in [-0.15, -0.1) is 0 Å². The quantitative estimate of drug-likeness (QED) is 0.712. The van der Waals surface area contributed by atoms with Crippen molar-refractivity contribution in [1.29, 1.82) is 0 Å². The third-order valence-corrected chi connectivity index (χ3v) is 5.84. The number of nitrogens with one attached hydrogen (secondary N) is 1. The molecule has 1 N–H and O–H groups in total. The molecule has 6 heteroatoms. The van der Waals surface area contributed by atoms with Crippen molar-refractivity contribution < 1.29 is 9.47 Å². The van der Waals surface area contributed by atoms with E-state index in [1.54, 1.807) is 0 Å². The van der Waals surface area contributed by atoms with Crippen LogP contribution in [-0.4, -0.2) is 41.9 Å². The normalized spacial score (nSPS) is 25.8. The van der Waals surface area contributed by atoms with Crippen LogP contribution in [0.15, 0.2) is 42.6 Å². The summed E-state index contributed by atoms with van der Waals surface area (Å²) < 4.78 is 11.8. The zero-order valence-electron chi connectivity index (χ0n) is 17.0. The van der Waals surface area contributed by atoms with E-state index < -0.39 is 0 Å². The molecule has 4 rings (SSSR count). The monoisotopic (exact) mass is 415 g/mol. The van der Waals surface area contributed by atoms with Crippen molar-refractivity contribution >= 4 is 11.6 Å². The highest BCUT2D eigenvalue weighted by Gasteiger charge is 2.27. The highest BCUT2D eigenvalue weighted by Crippen LogP contribution is 2.27. The largest absolute Gasteiger partial charge is 0.353 e. The minimum absolute atomic E-state index is 0.114. The molecule has 29 heavy (non-hydrogen) atoms. The Hall–Kier alpha value is -1.50. The maximum absolute atomic E-state index is 6.21. The Kier molecular flexibility index (Phi) is 7.16. The molecule has 0 spiro atoms. The summed E-state index contributed by atoms with van der Waals surface area (Å²) in [5.41, 5.74) is 3.59. The first-order valence-electron chi connectivity index (χ1n) is 10.6. The Balaban J connectivity index is 1.47. The second kappa shape index (κ2) is 10.0. The van der Waals surface area contributed by atoms with E-state index in [1.807, 2.05) is 12.3 Å². The Morgan fingerprint density at radius 1 is 1.24 bits per heavy atom. The molecule has 3 atom stereocenters. The van der Waals surface area contributed by atoms with E-state index in [1.165, 1.54) is 5.56 Å². The first-order chi connectivity index (χ1) is 14.2. The molecule has 0 radical (unpaired) electrons. The molecule has 0 saturated carbocycles. The molecule has 2 fully saturated rings. The molecule has 2 saturated heterocycles. The number of hydrogen-bond acceptors (Lipinski definition) is 5. The fourth-order valence-electron chi connectivity index (χ4n) is 4.27. The van der Waals surface area contributed by atoms with Gasteiger partial charge in [-0.1, -0.05) is 41.9 Å². The van der Waals surface area contributed by atoms with Crippen LogP contribution >= 0.6 is 11.6 Å². The maximum Gasteiger partial charge on any atom is 0.158 e. The third-order valence-electron chi connectivity index (χ3n) is 5.64. The summed E-state index contributed by atoms with van der Waals surface area (Å²) in [6, 6.07) is 13.2. The van der Waals surface area contributed by atoms with Crippen molar-refractivity contribution in [1.82, 2.24) is 15.2 Å². The number of aromatic nitrogens is 1. The Bertz CT molecular complexity index is 783. The first kappa shape index (κ1) is 20.8. The van der Waals surface area contributed by atoms with Gasteiger partial charge in [0.2, 0.25) is 0 Å². The lowest BCUT2D eigenvalue weighted by Gasteiger charge is -2.38. The molecule has 156 valence electrons. The zero-order chi connectivity index (χ0) is 20.1. The number of rotatable bonds is 6. The number of halogens is 1. The predicted octanol–water partition coefficient (Wildman–Crippen LogP) is 4.31. The van der Waals surface area contributed by atoms with Crippen molar-refractivity contribution in [3.63, 3.8) is 0 Å². The fourth-order valence-corrected chi connectivity index (χ4v) is 4.45. The van der Waals surface area contributed by atoms with Gasteiger partial charge in [0, 0.05) is 44.5 Å². The molecule has 0 amide bonds. The number of nitrogens with zero attached hydrogens (tertiary/aromatic N) is 2. The second-order valence-corrected chi connectivity index (χ2v) is 8.50. The van der Waals surface area contributed by atoms with E-state index in [4.69, 9.17) is 21.1 Å². The zero-order valence-corrected chi connectivity index (χ0v) is 17.8. The van der Waals surface area contributed by atoms with Gasteiger partial charge in [-0.05, 0) is 48.9 Å². The molecule has 1 aromatic carbocycles. The lowest BCUT2D eigenvalue weighted by molar-refractivity contribution is -0.169. The minimum atomic E-state index is -0.114. The van der Waals surface area contributed by atoms with Gasteiger partial charge in [-0.3, -0.25) is 4.90 Å². The molecule has 3 heterocycles. The van der Waals surface area contributed by atoms with Crippen LogP contribution in [0.4, 0.5) is 0 Å². The molecule has 2 aliphatic rings. The summed E-state index contributed by atoms with van der Waals surface area (Å²) in [6.45, 7) is 6.41. The standard InChI is InChI=1S/C23H30ClN3O2/c1-17-13-27(14-18-7-3-2-4-8-18)15-21(26-17)20-12-25-22(24)11-19(20)16-29-23-9-5-6-10-28-23/h2-4,7-8,11-12,17,21,23,26H,5-6,9-10,13-16H2,1H3/t17-,21-,23?/m1/s1. The van der Waals surface area contributed by atoms with Crippen LogP contribution in [0.25, 0.3) is 0 Å². The molecule has 2 aromatic rings. The van der Waals surface area contributed by atoms with Crippen molar-refractivity contribution in [2.45, 2.75) is 57.7 Å². The maximum atomic E-state index is 6.21. The van der Waals surface area contributed by atoms with Gasteiger partial charge in [-0.2, -0.15) is 0 Å². The van der Waals surface area contributed by atoms with Crippen LogP contribution < -0.4 is 5.32 Å². The number of hydrogen-bond donors (Lipinski definition) is 1. The average Bonchev–Trinajstić information content (AvgIpc) is 2.73. The van der Waals surface area contributed by atoms with Gasteiger partial charge < -0.3 is 14.8 Å². The predicted molar refractivity (Wildman–Crippen MR) is 115 cm³/mol. The van der Waals surface area contributed by atoms with Crippen molar-refractivity contribution in [3.8, 4) is 0 Å². The number of ether oxygens (including phenoxy) is 2. The minimum Gasteiger partial charge on any atom is -0.353 e. The second-order valence-electron chi connectivity index (χ2n) is 8.11. The van der Waals surface area contributed by atoms with Crippen molar-refractivity contribution in [2.24, 2.45) is 0 Å². The average molecular weight is 416 g/mol. The van der Waals surface area contributed by atoms with Gasteiger partial charge in [0.25, 0.3) is 0 Å². The van der Waals surface area contributed by atoms with Gasteiger partial charge >= 0.3 is 0 Å². The topological polar surface area (TPSA) is 46.6 Å². The molecule has 1 unspecified atom stereocenters. The van der Waals surface area contributed by atoms with Gasteiger partial charge in [0.05, 0.1) is 6.61 Å². The summed E-state index contributed by atoms with van der Waals surface area (Å²) in [6.07, 6.45) is 5.02. The highest BCUT2D eigenvalue weighted by atomic mass is 35.5. The summed E-state index contributed by atoms with van der Waals surface area (Å²) in [4.78, 5) is 6.87. The van der Waals surface area contributed by atoms with Crippen LogP contribution in [0.3, 0.4) is 0 Å². The first-order valence-corrected chi connectivity index (χ1v) is 10.9. The fraction of sp³-hybridized carbons (Fsp3) is 0.522. The third kappa shape index (κ3) is 5.77. The van der Waals surface area contributed by atoms with E-state index in [0.29, 0.717) is 17.8 Å². The molecule has 0 aliphatic carbocycles. The number of benzene rings is 1. The molecule has 5 nitrogen and oxygen atoms in total. The van der Waals surface area contributed by atoms with E-state index in [-0.39, 0.29) is 12.3 Å². The van der Waals surface area contributed by atoms with Crippen LogP contribution in [-0.2, 0) is 22.6 Å². The molecular formula is C23H30ClN3O2. The Morgan fingerprint density at radius 2 is 2.10 bits per heavy atom. The van der Waals surface area contributed by atoms with Crippen molar-refractivity contribution in [3.05, 3.63) is 64.4 Å². The molecule has 0 bridgehead atoms. The van der Waals surface area contributed by atoms with Gasteiger partial charge in [0.1, 0.15) is 5.15 Å². The number of pyridine rings is 1. The smallest absolute Gasteiger partial charge is 0.158 e. The van der Waals surface area contributed by atoms with Crippen LogP contribution in [0.1, 0.15) is 48.9 Å². The van der Waals surface area contributed by atoms with Crippen LogP contribution in [0.5, 0.6) is 0 Å². The Morgan fingerprint density at radius 3 is 2.90 bits per heavy atom. The summed E-state index contributed by atoms with van der Waals surface area (Å²) in [5, 5.41) is 4.24. The van der Waals surface area contributed by atoms with Crippen LogP contribution in [0, 0.1) is 0 Å². The van der Waals surface area contributed by atoms with Gasteiger partial charge in [0.15, 0.2) is 6.29 Å². The summed E-state index contributed by atoms with van der Waals surface area (Å²) in [5.74, 6) is 0. The van der Waals surface area contributed by atoms with E-state index in [9.17, 15) is 0 Å². The van der Waals surface area contributed by atoms with E-state index >= 15 is 0 Å². The van der Waals surface area contributed by atoms with Crippen LogP contribution in [0.2, 0.25) is 5.15 Å². The number of piperazine rings is 1. The van der Waals surface area contributed by atoms with Gasteiger partial charge in [-0.25, -0.2) is 4.98 Å². The summed E-state index contributed by atoms with van der Waals surface area (Å²) in [7, 11) is 0. The molecule has 2 aliphatic heterocycles. The molecular weight excluding hydrogens is 386 g/mol. The highest BCUT2D eigenvalue weighted by molar-refractivity contribution is 6.29. The SMILES string of the molecule is C[C@@H]1CN(Cc2ccccc2)C[C@H](c2cnc(Cl)cc2COC2CCCCO2)N1. The lowest BCUT2D eigenvalue weighted by atomic mass is 9.99. The lowest BCUT2D eigenvalue weighted by Crippen LogP contribution is -2.50. The molecule has 1 aromatic heterocycles. The van der Waals surface area contributed by atoms with E-state index in [2.05, 4.69) is 52.5 Å².